The summed E-state index contributed by atoms with van der Waals surface area (Å²) in [5, 5.41) is 10.1. The van der Waals surface area contributed by atoms with Crippen LogP contribution in [-0.4, -0.2) is 42.4 Å². The van der Waals surface area contributed by atoms with Gasteiger partial charge in [0.2, 0.25) is 18.0 Å². The predicted octanol–water partition coefficient (Wildman–Crippen LogP) is 2.56. The highest BCUT2D eigenvalue weighted by Crippen LogP contribution is 2.37. The minimum absolute atomic E-state index is 0.0338. The number of hydrogen-bond acceptors (Lipinski definition) is 8. The largest absolute Gasteiger partial charge is 0.443 e. The highest BCUT2D eigenvalue weighted by molar-refractivity contribution is 6.30. The van der Waals surface area contributed by atoms with Crippen molar-refractivity contribution in [1.29, 1.82) is 0 Å². The average molecular weight is 429 g/mol. The Bertz CT molecular complexity index is 1220. The number of aromatic nitrogens is 4. The molecule has 1 amide bonds. The van der Waals surface area contributed by atoms with E-state index in [-0.39, 0.29) is 17.5 Å². The first-order valence-corrected chi connectivity index (χ1v) is 9.35. The molecule has 1 aromatic carbocycles. The van der Waals surface area contributed by atoms with Crippen LogP contribution in [0.3, 0.4) is 0 Å². The molecular weight excluding hydrogens is 412 g/mol. The number of ether oxygens (including phenoxy) is 2. The van der Waals surface area contributed by atoms with E-state index in [1.807, 2.05) is 19.9 Å². The molecule has 0 N–H and O–H groups in total. The van der Waals surface area contributed by atoms with Crippen LogP contribution in [0, 0.1) is 13.8 Å². The first-order valence-electron chi connectivity index (χ1n) is 8.97. The molecule has 0 aliphatic carbocycles. The van der Waals surface area contributed by atoms with E-state index in [1.54, 1.807) is 16.6 Å². The van der Waals surface area contributed by atoms with Gasteiger partial charge in [-0.25, -0.2) is 9.50 Å². The summed E-state index contributed by atoms with van der Waals surface area (Å²) in [6.45, 7) is 6.34. The maximum Gasteiger partial charge on any atom is 0.308 e. The normalized spacial score (nSPS) is 15.8. The van der Waals surface area contributed by atoms with Gasteiger partial charge in [0, 0.05) is 30.3 Å². The second kappa shape index (κ2) is 7.38. The third kappa shape index (κ3) is 3.57. The Morgan fingerprint density at radius 1 is 1.17 bits per heavy atom. The van der Waals surface area contributed by atoms with E-state index in [9.17, 15) is 9.59 Å². The number of esters is 1. The molecule has 0 saturated heterocycles. The number of aryl methyl sites for hydroxylation is 2. The molecule has 4 rings (SSSR count). The third-order valence-corrected chi connectivity index (χ3v) is 4.50. The van der Waals surface area contributed by atoms with Crippen molar-refractivity contribution in [2.45, 2.75) is 33.9 Å². The predicted molar refractivity (Wildman–Crippen MR) is 106 cm³/mol. The number of hydrazone groups is 1. The number of fused-ring (bicyclic) bond motifs is 1. The second-order valence-corrected chi connectivity index (χ2v) is 7.14. The van der Waals surface area contributed by atoms with Crippen LogP contribution in [0.5, 0.6) is 5.75 Å². The fourth-order valence-electron chi connectivity index (χ4n) is 3.07. The van der Waals surface area contributed by atoms with Gasteiger partial charge in [0.1, 0.15) is 5.75 Å². The summed E-state index contributed by atoms with van der Waals surface area (Å²) in [5.41, 5.74) is 1.99. The molecule has 0 fully saturated rings. The highest BCUT2D eigenvalue weighted by atomic mass is 35.5. The van der Waals surface area contributed by atoms with Crippen LogP contribution < -0.4 is 4.74 Å². The van der Waals surface area contributed by atoms with E-state index in [2.05, 4.69) is 20.2 Å². The SMILES string of the molecule is CC(=O)Oc1ccc(Cl)cc1[C@H]1OC(c2nc3nc(C)cc(C)n3n2)=NN1C(C)=O. The fourth-order valence-corrected chi connectivity index (χ4v) is 3.26. The van der Waals surface area contributed by atoms with Gasteiger partial charge in [-0.15, -0.1) is 10.2 Å². The van der Waals surface area contributed by atoms with Crippen LogP contribution in [0.4, 0.5) is 0 Å². The molecule has 2 aromatic heterocycles. The summed E-state index contributed by atoms with van der Waals surface area (Å²) < 4.78 is 12.7. The maximum absolute atomic E-state index is 12.2. The quantitative estimate of drug-likeness (QED) is 0.465. The molecule has 11 heteroatoms. The van der Waals surface area contributed by atoms with Gasteiger partial charge in [-0.1, -0.05) is 11.6 Å². The lowest BCUT2D eigenvalue weighted by Crippen LogP contribution is -2.26. The molecule has 30 heavy (non-hydrogen) atoms. The number of hydrogen-bond donors (Lipinski definition) is 0. The summed E-state index contributed by atoms with van der Waals surface area (Å²) in [7, 11) is 0. The van der Waals surface area contributed by atoms with E-state index in [4.69, 9.17) is 21.1 Å². The summed E-state index contributed by atoms with van der Waals surface area (Å²) >= 11 is 6.12. The molecule has 3 aromatic rings. The minimum atomic E-state index is -1.01. The first-order chi connectivity index (χ1) is 14.2. The molecular formula is C19H17ClN6O4. The van der Waals surface area contributed by atoms with E-state index >= 15 is 0 Å². The Kier molecular flexibility index (Phi) is 4.86. The molecule has 0 spiro atoms. The van der Waals surface area contributed by atoms with Crippen LogP contribution in [0.2, 0.25) is 5.02 Å². The summed E-state index contributed by atoms with van der Waals surface area (Å²) in [5.74, 6) is -0.123. The lowest BCUT2D eigenvalue weighted by Gasteiger charge is -2.21. The molecule has 154 valence electrons. The molecule has 0 saturated carbocycles. The van der Waals surface area contributed by atoms with Gasteiger partial charge in [-0.2, -0.15) is 9.99 Å². The van der Waals surface area contributed by atoms with Gasteiger partial charge >= 0.3 is 5.97 Å². The van der Waals surface area contributed by atoms with Crippen molar-refractivity contribution in [2.75, 3.05) is 0 Å². The number of nitrogens with zero attached hydrogens (tertiary/aromatic N) is 6. The van der Waals surface area contributed by atoms with E-state index < -0.39 is 18.1 Å². The fraction of sp³-hybridized carbons (Fsp3) is 0.263. The first kappa shape index (κ1) is 19.8. The van der Waals surface area contributed by atoms with E-state index in [1.165, 1.54) is 19.9 Å². The Labute approximate surface area is 176 Å². The topological polar surface area (TPSA) is 111 Å². The second-order valence-electron chi connectivity index (χ2n) is 6.70. The van der Waals surface area contributed by atoms with Crippen LogP contribution in [0.25, 0.3) is 5.78 Å². The average Bonchev–Trinajstić information content (AvgIpc) is 3.27. The molecule has 1 aliphatic rings. The maximum atomic E-state index is 12.2. The minimum Gasteiger partial charge on any atom is -0.443 e. The van der Waals surface area contributed by atoms with Gasteiger partial charge < -0.3 is 9.47 Å². The molecule has 1 atom stereocenters. The molecule has 0 bridgehead atoms. The van der Waals surface area contributed by atoms with Crippen molar-refractivity contribution in [3.8, 4) is 5.75 Å². The Hall–Kier alpha value is -3.53. The van der Waals surface area contributed by atoms with Crippen molar-refractivity contribution >= 4 is 35.2 Å². The lowest BCUT2D eigenvalue weighted by molar-refractivity contribution is -0.135. The molecule has 0 radical (unpaired) electrons. The Morgan fingerprint density at radius 3 is 2.63 bits per heavy atom. The summed E-state index contributed by atoms with van der Waals surface area (Å²) in [6, 6.07) is 6.51. The zero-order chi connectivity index (χ0) is 21.6. The van der Waals surface area contributed by atoms with Gasteiger partial charge in [0.15, 0.2) is 0 Å². The Morgan fingerprint density at radius 2 is 1.93 bits per heavy atom. The van der Waals surface area contributed by atoms with Crippen molar-refractivity contribution < 1.29 is 19.1 Å². The van der Waals surface area contributed by atoms with Gasteiger partial charge in [0.25, 0.3) is 11.7 Å². The third-order valence-electron chi connectivity index (χ3n) is 4.27. The smallest absolute Gasteiger partial charge is 0.308 e. The van der Waals surface area contributed by atoms with Gasteiger partial charge in [-0.3, -0.25) is 9.59 Å². The van der Waals surface area contributed by atoms with Crippen molar-refractivity contribution in [3.05, 3.63) is 52.1 Å². The van der Waals surface area contributed by atoms with Crippen LogP contribution >= 0.6 is 11.6 Å². The number of amides is 1. The van der Waals surface area contributed by atoms with Gasteiger partial charge in [-0.05, 0) is 38.1 Å². The summed E-state index contributed by atoms with van der Waals surface area (Å²) in [6.07, 6.45) is -1.01. The number of rotatable bonds is 3. The zero-order valence-corrected chi connectivity index (χ0v) is 17.3. The van der Waals surface area contributed by atoms with Crippen molar-refractivity contribution in [1.82, 2.24) is 24.6 Å². The molecule has 3 heterocycles. The number of carbonyl (C=O) groups is 2. The van der Waals surface area contributed by atoms with Crippen LogP contribution in [-0.2, 0) is 14.3 Å². The molecule has 0 unspecified atom stereocenters. The van der Waals surface area contributed by atoms with E-state index in [0.29, 0.717) is 16.4 Å². The van der Waals surface area contributed by atoms with Crippen LogP contribution in [0.15, 0.2) is 29.4 Å². The summed E-state index contributed by atoms with van der Waals surface area (Å²) in [4.78, 5) is 32.4. The van der Waals surface area contributed by atoms with E-state index in [0.717, 1.165) is 16.4 Å². The van der Waals surface area contributed by atoms with Gasteiger partial charge in [0.05, 0.1) is 5.56 Å². The Balaban J connectivity index is 1.76. The monoisotopic (exact) mass is 428 g/mol. The lowest BCUT2D eigenvalue weighted by atomic mass is 10.1. The zero-order valence-electron chi connectivity index (χ0n) is 16.6. The molecule has 10 nitrogen and oxygen atoms in total. The van der Waals surface area contributed by atoms with Crippen molar-refractivity contribution in [2.24, 2.45) is 5.10 Å². The number of halogens is 1. The number of benzene rings is 1. The van der Waals surface area contributed by atoms with Crippen molar-refractivity contribution in [3.63, 3.8) is 0 Å². The number of carbonyl (C=O) groups excluding carboxylic acids is 2. The van der Waals surface area contributed by atoms with Crippen LogP contribution in [0.1, 0.15) is 42.9 Å². The highest BCUT2D eigenvalue weighted by Gasteiger charge is 2.37. The standard InChI is InChI=1S/C19H17ClN6O4/c1-9-7-10(2)25-19(21-9)22-16(23-25)17-24-26(11(3)27)18(30-17)14-8-13(20)5-6-15(14)29-12(4)28/h5-8,18H,1-4H3/t18-/m1/s1. The molecule has 1 aliphatic heterocycles.